The Balaban J connectivity index is 2.31. The van der Waals surface area contributed by atoms with Crippen molar-refractivity contribution in [2.24, 2.45) is 0 Å². The van der Waals surface area contributed by atoms with E-state index in [1.165, 1.54) is 27.8 Å². The monoisotopic (exact) mass is 281 g/mol. The molecule has 1 nitrogen and oxygen atoms in total. The van der Waals surface area contributed by atoms with Crippen LogP contribution in [0.1, 0.15) is 40.7 Å². The summed E-state index contributed by atoms with van der Waals surface area (Å²) in [6.07, 6.45) is 1.11. The van der Waals surface area contributed by atoms with Gasteiger partial charge in [-0.15, -0.1) is 0 Å². The molecule has 0 aliphatic heterocycles. The van der Waals surface area contributed by atoms with Crippen molar-refractivity contribution in [2.75, 3.05) is 13.1 Å². The fourth-order valence-electron chi connectivity index (χ4n) is 3.07. The number of benzene rings is 2. The molecule has 0 aliphatic rings. The van der Waals surface area contributed by atoms with Crippen molar-refractivity contribution < 1.29 is 0 Å². The van der Waals surface area contributed by atoms with Gasteiger partial charge in [-0.3, -0.25) is 0 Å². The molecule has 0 aromatic heterocycles. The smallest absolute Gasteiger partial charge is 0.00233 e. The molecule has 2 aromatic carbocycles. The average molecular weight is 281 g/mol. The second-order valence-electron chi connectivity index (χ2n) is 5.94. The van der Waals surface area contributed by atoms with Gasteiger partial charge in [-0.1, -0.05) is 49.4 Å². The molecule has 1 atom stereocenters. The lowest BCUT2D eigenvalue weighted by atomic mass is 9.86. The van der Waals surface area contributed by atoms with E-state index in [-0.39, 0.29) is 0 Å². The summed E-state index contributed by atoms with van der Waals surface area (Å²) in [5.41, 5.74) is 7.19. The van der Waals surface area contributed by atoms with Gasteiger partial charge in [0.2, 0.25) is 0 Å². The van der Waals surface area contributed by atoms with E-state index < -0.39 is 0 Å². The van der Waals surface area contributed by atoms with E-state index in [0.29, 0.717) is 5.92 Å². The Kier molecular flexibility index (Phi) is 5.58. The van der Waals surface area contributed by atoms with Crippen LogP contribution in [0.15, 0.2) is 42.5 Å². The number of hydrogen-bond acceptors (Lipinski definition) is 1. The predicted molar refractivity (Wildman–Crippen MR) is 92.1 cm³/mol. The molecule has 0 spiro atoms. The third-order valence-corrected chi connectivity index (χ3v) is 4.36. The van der Waals surface area contributed by atoms with Crippen LogP contribution in [0.5, 0.6) is 0 Å². The zero-order valence-corrected chi connectivity index (χ0v) is 13.7. The van der Waals surface area contributed by atoms with E-state index in [1.54, 1.807) is 0 Å². The van der Waals surface area contributed by atoms with Crippen molar-refractivity contribution in [3.05, 3.63) is 70.3 Å². The maximum atomic E-state index is 3.53. The summed E-state index contributed by atoms with van der Waals surface area (Å²) in [4.78, 5) is 0. The largest absolute Gasteiger partial charge is 0.316 e. The lowest BCUT2D eigenvalue weighted by Crippen LogP contribution is -2.23. The van der Waals surface area contributed by atoms with Gasteiger partial charge in [-0.05, 0) is 61.6 Å². The predicted octanol–water partition coefficient (Wildman–Crippen LogP) is 4.55. The zero-order chi connectivity index (χ0) is 15.2. The molecule has 1 unspecified atom stereocenters. The van der Waals surface area contributed by atoms with Gasteiger partial charge in [0.15, 0.2) is 0 Å². The lowest BCUT2D eigenvalue weighted by molar-refractivity contribution is 0.590. The highest BCUT2D eigenvalue weighted by atomic mass is 14.8. The van der Waals surface area contributed by atoms with Crippen LogP contribution in [0.25, 0.3) is 0 Å². The molecule has 0 radical (unpaired) electrons. The fourth-order valence-corrected chi connectivity index (χ4v) is 3.07. The minimum Gasteiger partial charge on any atom is -0.316 e. The quantitative estimate of drug-likeness (QED) is 0.819. The standard InChI is InChI=1S/C20H27N/c1-5-21-14-18(19-12-7-6-9-15(19)2)13-20-16(3)10-8-11-17(20)4/h6-12,18,21H,5,13-14H2,1-4H3. The highest BCUT2D eigenvalue weighted by Gasteiger charge is 2.16. The van der Waals surface area contributed by atoms with Gasteiger partial charge in [-0.2, -0.15) is 0 Å². The van der Waals surface area contributed by atoms with E-state index in [0.717, 1.165) is 19.5 Å². The van der Waals surface area contributed by atoms with Crippen molar-refractivity contribution in [1.82, 2.24) is 5.32 Å². The summed E-state index contributed by atoms with van der Waals surface area (Å²) in [5.74, 6) is 0.533. The van der Waals surface area contributed by atoms with Crippen LogP contribution in [0.3, 0.4) is 0 Å². The molecule has 2 aromatic rings. The molecule has 0 amide bonds. The highest BCUT2D eigenvalue weighted by Crippen LogP contribution is 2.26. The van der Waals surface area contributed by atoms with Crippen LogP contribution in [0.4, 0.5) is 0 Å². The Morgan fingerprint density at radius 1 is 0.857 bits per heavy atom. The van der Waals surface area contributed by atoms with E-state index >= 15 is 0 Å². The minimum absolute atomic E-state index is 0.533. The van der Waals surface area contributed by atoms with Crippen molar-refractivity contribution in [2.45, 2.75) is 40.0 Å². The molecule has 21 heavy (non-hydrogen) atoms. The van der Waals surface area contributed by atoms with Crippen molar-refractivity contribution >= 4 is 0 Å². The van der Waals surface area contributed by atoms with Crippen LogP contribution in [0, 0.1) is 20.8 Å². The first-order valence-electron chi connectivity index (χ1n) is 7.94. The first-order valence-corrected chi connectivity index (χ1v) is 7.94. The van der Waals surface area contributed by atoms with Crippen LogP contribution in [-0.4, -0.2) is 13.1 Å². The van der Waals surface area contributed by atoms with Gasteiger partial charge in [0.05, 0.1) is 0 Å². The van der Waals surface area contributed by atoms with Gasteiger partial charge in [0.25, 0.3) is 0 Å². The zero-order valence-electron chi connectivity index (χ0n) is 13.7. The SMILES string of the molecule is CCNCC(Cc1c(C)cccc1C)c1ccccc1C. The summed E-state index contributed by atoms with van der Waals surface area (Å²) in [5, 5.41) is 3.53. The van der Waals surface area contributed by atoms with Crippen LogP contribution >= 0.6 is 0 Å². The molecule has 0 fully saturated rings. The lowest BCUT2D eigenvalue weighted by Gasteiger charge is -2.22. The van der Waals surface area contributed by atoms with Crippen molar-refractivity contribution in [3.63, 3.8) is 0 Å². The first kappa shape index (κ1) is 15.8. The molecule has 112 valence electrons. The van der Waals surface area contributed by atoms with Gasteiger partial charge >= 0.3 is 0 Å². The molecular weight excluding hydrogens is 254 g/mol. The molecule has 0 heterocycles. The number of likely N-dealkylation sites (N-methyl/N-ethyl adjacent to an activating group) is 1. The first-order chi connectivity index (χ1) is 10.1. The molecular formula is C20H27N. The molecule has 0 bridgehead atoms. The maximum absolute atomic E-state index is 3.53. The minimum atomic E-state index is 0.533. The van der Waals surface area contributed by atoms with Gasteiger partial charge < -0.3 is 5.32 Å². The molecule has 1 heteroatoms. The van der Waals surface area contributed by atoms with E-state index in [1.807, 2.05) is 0 Å². The van der Waals surface area contributed by atoms with E-state index in [9.17, 15) is 0 Å². The molecule has 0 saturated carbocycles. The van der Waals surface area contributed by atoms with Gasteiger partial charge in [0, 0.05) is 12.5 Å². The second kappa shape index (κ2) is 7.42. The summed E-state index contributed by atoms with van der Waals surface area (Å²) in [6.45, 7) is 10.9. The summed E-state index contributed by atoms with van der Waals surface area (Å²) in [7, 11) is 0. The highest BCUT2D eigenvalue weighted by molar-refractivity contribution is 5.37. The van der Waals surface area contributed by atoms with Crippen LogP contribution in [-0.2, 0) is 6.42 Å². The maximum Gasteiger partial charge on any atom is 0.00233 e. The second-order valence-corrected chi connectivity index (χ2v) is 5.94. The third-order valence-electron chi connectivity index (χ3n) is 4.36. The third kappa shape index (κ3) is 3.95. The Morgan fingerprint density at radius 3 is 2.10 bits per heavy atom. The summed E-state index contributed by atoms with van der Waals surface area (Å²) < 4.78 is 0. The van der Waals surface area contributed by atoms with Crippen LogP contribution in [0.2, 0.25) is 0 Å². The number of aryl methyl sites for hydroxylation is 3. The number of nitrogens with one attached hydrogen (secondary N) is 1. The normalized spacial score (nSPS) is 12.4. The Labute approximate surface area is 129 Å². The Morgan fingerprint density at radius 2 is 1.48 bits per heavy atom. The Hall–Kier alpha value is -1.60. The average Bonchev–Trinajstić information content (AvgIpc) is 2.47. The van der Waals surface area contributed by atoms with Crippen LogP contribution < -0.4 is 5.32 Å². The van der Waals surface area contributed by atoms with Crippen molar-refractivity contribution in [1.29, 1.82) is 0 Å². The summed E-state index contributed by atoms with van der Waals surface area (Å²) in [6, 6.07) is 15.4. The van der Waals surface area contributed by atoms with Gasteiger partial charge in [-0.25, -0.2) is 0 Å². The number of rotatable bonds is 6. The molecule has 1 N–H and O–H groups in total. The summed E-state index contributed by atoms with van der Waals surface area (Å²) >= 11 is 0. The topological polar surface area (TPSA) is 12.0 Å². The molecule has 0 saturated heterocycles. The van der Waals surface area contributed by atoms with Gasteiger partial charge in [0.1, 0.15) is 0 Å². The molecule has 2 rings (SSSR count). The fraction of sp³-hybridized carbons (Fsp3) is 0.400. The van der Waals surface area contributed by atoms with Crippen molar-refractivity contribution in [3.8, 4) is 0 Å². The van der Waals surface area contributed by atoms with E-state index in [2.05, 4.69) is 75.5 Å². The van der Waals surface area contributed by atoms with E-state index in [4.69, 9.17) is 0 Å². The molecule has 0 aliphatic carbocycles. The number of hydrogen-bond donors (Lipinski definition) is 1. The Bertz CT molecular complexity index is 566.